The number of rotatable bonds is 6. The molecule has 1 heterocycles. The van der Waals surface area contributed by atoms with Crippen molar-refractivity contribution in [2.24, 2.45) is 0 Å². The number of unbranched alkanes of at least 4 members (excludes halogenated alkanes) is 1. The van der Waals surface area contributed by atoms with Gasteiger partial charge < -0.3 is 4.52 Å². The SMILES string of the molecule is CCCC[C@H](OP1(=S)N(C)[C@@H]2CCCC[C@H]2N1C)c1ccccc1. The van der Waals surface area contributed by atoms with Gasteiger partial charge in [0.25, 0.3) is 0 Å². The molecule has 0 spiro atoms. The lowest BCUT2D eigenvalue weighted by molar-refractivity contribution is 0.188. The number of benzene rings is 1. The summed E-state index contributed by atoms with van der Waals surface area (Å²) in [5, 5.41) is 0. The van der Waals surface area contributed by atoms with E-state index in [9.17, 15) is 0 Å². The number of nitrogens with zero attached hydrogens (tertiary/aromatic N) is 2. The first kappa shape index (κ1) is 18.5. The van der Waals surface area contributed by atoms with E-state index in [1.165, 1.54) is 44.1 Å². The highest BCUT2D eigenvalue weighted by Gasteiger charge is 2.50. The molecule has 0 N–H and O–H groups in total. The highest BCUT2D eigenvalue weighted by atomic mass is 32.5. The standard InChI is InChI=1S/C19H31N2OPS/c1-4-5-15-19(16-11-7-6-8-12-16)22-23(24)20(2)17-13-9-10-14-18(17)21(23)3/h6-8,11-12,17-19H,4-5,9-10,13-15H2,1-3H3/t17-,18-,19+/m1/s1. The van der Waals surface area contributed by atoms with Gasteiger partial charge in [0.05, 0.1) is 6.10 Å². The first-order chi connectivity index (χ1) is 11.6. The fraction of sp³-hybridized carbons (Fsp3) is 0.684. The van der Waals surface area contributed by atoms with E-state index in [1.807, 2.05) is 0 Å². The van der Waals surface area contributed by atoms with Crippen LogP contribution >= 0.6 is 6.57 Å². The number of hydrogen-bond donors (Lipinski definition) is 0. The van der Waals surface area contributed by atoms with Gasteiger partial charge >= 0.3 is 0 Å². The van der Waals surface area contributed by atoms with Gasteiger partial charge in [-0.25, -0.2) is 9.34 Å². The quantitative estimate of drug-likeness (QED) is 0.631. The van der Waals surface area contributed by atoms with Gasteiger partial charge in [0.15, 0.2) is 0 Å². The van der Waals surface area contributed by atoms with Gasteiger partial charge in [-0.3, -0.25) is 0 Å². The molecule has 3 atom stereocenters. The van der Waals surface area contributed by atoms with Crippen molar-refractivity contribution in [1.82, 2.24) is 9.34 Å². The molecule has 0 amide bonds. The summed E-state index contributed by atoms with van der Waals surface area (Å²) in [6, 6.07) is 11.8. The molecule has 2 fully saturated rings. The molecule has 1 aliphatic carbocycles. The molecule has 1 aliphatic heterocycles. The molecule has 3 nitrogen and oxygen atoms in total. The predicted octanol–water partition coefficient (Wildman–Crippen LogP) is 5.35. The summed E-state index contributed by atoms with van der Waals surface area (Å²) < 4.78 is 11.6. The topological polar surface area (TPSA) is 15.7 Å². The van der Waals surface area contributed by atoms with E-state index >= 15 is 0 Å². The van der Waals surface area contributed by atoms with Crippen LogP contribution in [0.2, 0.25) is 0 Å². The maximum Gasteiger partial charge on any atom is 0.204 e. The normalized spacial score (nSPS) is 28.6. The lowest BCUT2D eigenvalue weighted by Crippen LogP contribution is -2.37. The maximum absolute atomic E-state index is 6.78. The zero-order chi connectivity index (χ0) is 17.2. The molecular weight excluding hydrogens is 335 g/mol. The Morgan fingerprint density at radius 2 is 1.71 bits per heavy atom. The molecule has 0 unspecified atom stereocenters. The Balaban J connectivity index is 1.83. The summed E-state index contributed by atoms with van der Waals surface area (Å²) in [4.78, 5) is 0. The lowest BCUT2D eigenvalue weighted by atomic mass is 9.91. The molecule has 5 heteroatoms. The van der Waals surface area contributed by atoms with Gasteiger partial charge in [-0.15, -0.1) is 0 Å². The van der Waals surface area contributed by atoms with Crippen LogP contribution in [-0.4, -0.2) is 35.5 Å². The minimum Gasteiger partial charge on any atom is -0.319 e. The molecule has 1 saturated carbocycles. The van der Waals surface area contributed by atoms with E-state index in [1.54, 1.807) is 0 Å². The average Bonchev–Trinajstić information content (AvgIpc) is 2.81. The van der Waals surface area contributed by atoms with E-state index in [4.69, 9.17) is 16.3 Å². The fourth-order valence-corrected chi connectivity index (χ4v) is 7.84. The largest absolute Gasteiger partial charge is 0.319 e. The van der Waals surface area contributed by atoms with Gasteiger partial charge in [0.1, 0.15) is 0 Å². The second kappa shape index (κ2) is 7.97. The summed E-state index contributed by atoms with van der Waals surface area (Å²) in [7, 11) is 4.41. The summed E-state index contributed by atoms with van der Waals surface area (Å²) >= 11 is 6.19. The molecular formula is C19H31N2OPS. The first-order valence-corrected chi connectivity index (χ1v) is 12.0. The van der Waals surface area contributed by atoms with E-state index < -0.39 is 6.57 Å². The third kappa shape index (κ3) is 3.50. The van der Waals surface area contributed by atoms with E-state index in [-0.39, 0.29) is 6.10 Å². The Kier molecular flexibility index (Phi) is 6.16. The Labute approximate surface area is 152 Å². The van der Waals surface area contributed by atoms with Crippen molar-refractivity contribution in [3.05, 3.63) is 35.9 Å². The van der Waals surface area contributed by atoms with Crippen molar-refractivity contribution in [3.63, 3.8) is 0 Å². The second-order valence-electron chi connectivity index (χ2n) is 7.20. The summed E-state index contributed by atoms with van der Waals surface area (Å²) in [6.45, 7) is 0.120. The lowest BCUT2D eigenvalue weighted by Gasteiger charge is -2.34. The number of fused-ring (bicyclic) bond motifs is 1. The van der Waals surface area contributed by atoms with Gasteiger partial charge in [0.2, 0.25) is 6.57 Å². The van der Waals surface area contributed by atoms with Crippen molar-refractivity contribution < 1.29 is 4.52 Å². The van der Waals surface area contributed by atoms with E-state index in [0.29, 0.717) is 12.1 Å². The molecule has 134 valence electrons. The van der Waals surface area contributed by atoms with Crippen molar-refractivity contribution in [1.29, 1.82) is 0 Å². The zero-order valence-corrected chi connectivity index (χ0v) is 16.9. The number of likely N-dealkylation sites (N-methyl/N-ethyl adjacent to an activating group) is 2. The molecule has 24 heavy (non-hydrogen) atoms. The third-order valence-corrected chi connectivity index (χ3v) is 10.2. The van der Waals surface area contributed by atoms with Crippen LogP contribution in [0.4, 0.5) is 0 Å². The van der Waals surface area contributed by atoms with Crippen LogP contribution in [0.25, 0.3) is 0 Å². The van der Waals surface area contributed by atoms with Crippen LogP contribution in [0.1, 0.15) is 63.5 Å². The van der Waals surface area contributed by atoms with Crippen molar-refractivity contribution >= 4 is 18.4 Å². The molecule has 3 rings (SSSR count). The summed E-state index contributed by atoms with van der Waals surface area (Å²) in [5.41, 5.74) is 1.27. The summed E-state index contributed by atoms with van der Waals surface area (Å²) in [5.74, 6) is 0. The van der Waals surface area contributed by atoms with Crippen LogP contribution < -0.4 is 0 Å². The Bertz CT molecular complexity index is 560. The smallest absolute Gasteiger partial charge is 0.204 e. The van der Waals surface area contributed by atoms with Crippen molar-refractivity contribution in [3.8, 4) is 0 Å². The minimum absolute atomic E-state index is 0.113. The summed E-state index contributed by atoms with van der Waals surface area (Å²) in [6.07, 6.45) is 8.70. The van der Waals surface area contributed by atoms with Gasteiger partial charge in [0, 0.05) is 12.1 Å². The van der Waals surface area contributed by atoms with Gasteiger partial charge in [-0.1, -0.05) is 62.9 Å². The van der Waals surface area contributed by atoms with Crippen LogP contribution in [0, 0.1) is 0 Å². The fourth-order valence-electron chi connectivity index (χ4n) is 4.21. The van der Waals surface area contributed by atoms with Crippen LogP contribution in [-0.2, 0) is 16.3 Å². The third-order valence-electron chi connectivity index (χ3n) is 5.71. The first-order valence-electron chi connectivity index (χ1n) is 9.38. The van der Waals surface area contributed by atoms with Gasteiger partial charge in [-0.2, -0.15) is 0 Å². The average molecular weight is 367 g/mol. The van der Waals surface area contributed by atoms with Crippen molar-refractivity contribution in [2.45, 2.75) is 70.1 Å². The molecule has 0 bridgehead atoms. The van der Waals surface area contributed by atoms with Crippen molar-refractivity contribution in [2.75, 3.05) is 14.1 Å². The molecule has 1 aromatic rings. The monoisotopic (exact) mass is 366 g/mol. The molecule has 2 aliphatic rings. The molecule has 1 saturated heterocycles. The Hall–Kier alpha value is -0.250. The minimum atomic E-state index is -2.12. The maximum atomic E-state index is 6.78. The van der Waals surface area contributed by atoms with Crippen LogP contribution in [0.15, 0.2) is 30.3 Å². The predicted molar refractivity (Wildman–Crippen MR) is 106 cm³/mol. The van der Waals surface area contributed by atoms with E-state index in [2.05, 4.69) is 60.7 Å². The highest BCUT2D eigenvalue weighted by molar-refractivity contribution is 8.10. The van der Waals surface area contributed by atoms with Crippen LogP contribution in [0.3, 0.4) is 0 Å². The number of hydrogen-bond acceptors (Lipinski definition) is 2. The van der Waals surface area contributed by atoms with Gasteiger partial charge in [-0.05, 0) is 50.7 Å². The zero-order valence-electron chi connectivity index (χ0n) is 15.2. The molecule has 0 aromatic heterocycles. The Morgan fingerprint density at radius 3 is 2.25 bits per heavy atom. The second-order valence-corrected chi connectivity index (χ2v) is 11.1. The van der Waals surface area contributed by atoms with Crippen LogP contribution in [0.5, 0.6) is 0 Å². The Morgan fingerprint density at radius 1 is 1.12 bits per heavy atom. The highest BCUT2D eigenvalue weighted by Crippen LogP contribution is 2.65. The molecule has 0 radical (unpaired) electrons. The van der Waals surface area contributed by atoms with E-state index in [0.717, 1.165) is 6.42 Å². The molecule has 1 aromatic carbocycles.